The molecule has 2 aromatic heterocycles. The highest BCUT2D eigenvalue weighted by Gasteiger charge is 2.18. The fourth-order valence-corrected chi connectivity index (χ4v) is 5.97. The first kappa shape index (κ1) is 20.3. The molecule has 0 bridgehead atoms. The van der Waals surface area contributed by atoms with Crippen molar-refractivity contribution in [3.8, 4) is 10.4 Å². The number of hydrogen-bond donors (Lipinski definition) is 1. The number of fused-ring (bicyclic) bond motifs is 3. The molecule has 0 radical (unpaired) electrons. The van der Waals surface area contributed by atoms with Gasteiger partial charge in [0.1, 0.15) is 0 Å². The maximum absolute atomic E-state index is 12.8. The van der Waals surface area contributed by atoms with E-state index in [-0.39, 0.29) is 5.91 Å². The second kappa shape index (κ2) is 8.56. The van der Waals surface area contributed by atoms with Crippen molar-refractivity contribution in [3.05, 3.63) is 82.7 Å². The normalized spacial score (nSPS) is 14.3. The van der Waals surface area contributed by atoms with E-state index >= 15 is 0 Å². The quantitative estimate of drug-likeness (QED) is 0.385. The van der Waals surface area contributed by atoms with Crippen LogP contribution in [-0.4, -0.2) is 17.1 Å². The van der Waals surface area contributed by atoms with E-state index in [1.807, 2.05) is 12.3 Å². The number of carbonyl (C=O) groups is 1. The highest BCUT2D eigenvalue weighted by atomic mass is 32.1. The van der Waals surface area contributed by atoms with Gasteiger partial charge in [-0.2, -0.15) is 0 Å². The van der Waals surface area contributed by atoms with Crippen LogP contribution >= 0.6 is 11.3 Å². The molecule has 2 aliphatic rings. The van der Waals surface area contributed by atoms with Crippen LogP contribution in [0.3, 0.4) is 0 Å². The summed E-state index contributed by atoms with van der Waals surface area (Å²) in [4.78, 5) is 23.3. The summed E-state index contributed by atoms with van der Waals surface area (Å²) in [7, 11) is 0. The molecule has 2 aromatic carbocycles. The molecule has 3 heterocycles. The number of amides is 1. The molecular formula is C28H25N3OS. The van der Waals surface area contributed by atoms with Gasteiger partial charge in [-0.15, -0.1) is 11.3 Å². The van der Waals surface area contributed by atoms with E-state index in [1.165, 1.54) is 44.6 Å². The SMILES string of the molecule is O=C(CCc1ccc2c(n1)CCCC2)Nc1cc2c(c(-c3cc4ccccc4s3)c1)CN=C2. The fraction of sp³-hybridized carbons (Fsp3) is 0.250. The number of hydrogen-bond acceptors (Lipinski definition) is 4. The third-order valence-corrected chi connectivity index (χ3v) is 7.73. The van der Waals surface area contributed by atoms with Crippen molar-refractivity contribution in [2.24, 2.45) is 4.99 Å². The molecule has 0 saturated heterocycles. The van der Waals surface area contributed by atoms with E-state index in [4.69, 9.17) is 4.98 Å². The van der Waals surface area contributed by atoms with Crippen LogP contribution in [-0.2, 0) is 30.6 Å². The number of pyridine rings is 1. The Morgan fingerprint density at radius 3 is 2.88 bits per heavy atom. The smallest absolute Gasteiger partial charge is 0.224 e. The monoisotopic (exact) mass is 451 g/mol. The molecule has 1 aliphatic carbocycles. The fourth-order valence-electron chi connectivity index (χ4n) is 4.86. The number of anilines is 1. The summed E-state index contributed by atoms with van der Waals surface area (Å²) in [6.45, 7) is 0.692. The zero-order valence-corrected chi connectivity index (χ0v) is 19.3. The van der Waals surface area contributed by atoms with Crippen molar-refractivity contribution >= 4 is 39.2 Å². The maximum Gasteiger partial charge on any atom is 0.224 e. The summed E-state index contributed by atoms with van der Waals surface area (Å²) in [5.41, 5.74) is 7.94. The number of rotatable bonds is 5. The van der Waals surface area contributed by atoms with Crippen LogP contribution in [0, 0.1) is 0 Å². The molecule has 4 nitrogen and oxygen atoms in total. The average Bonchev–Trinajstić information content (AvgIpc) is 3.49. The molecule has 0 atom stereocenters. The van der Waals surface area contributed by atoms with Gasteiger partial charge in [-0.25, -0.2) is 0 Å². The standard InChI is InChI=1S/C28H25N3OS/c32-28(12-11-21-10-9-18-5-1-3-7-25(18)30-21)31-22-13-20-16-29-17-24(20)23(15-22)27-14-19-6-2-4-8-26(19)33-27/h2,4,6,8-10,13-16H,1,3,5,7,11-12,17H2,(H,31,32). The zero-order valence-electron chi connectivity index (χ0n) is 18.4. The van der Waals surface area contributed by atoms with E-state index in [1.54, 1.807) is 11.3 Å². The van der Waals surface area contributed by atoms with Crippen LogP contribution in [0.2, 0.25) is 0 Å². The van der Waals surface area contributed by atoms with E-state index in [2.05, 4.69) is 58.8 Å². The van der Waals surface area contributed by atoms with Gasteiger partial charge in [-0.1, -0.05) is 24.3 Å². The average molecular weight is 452 g/mol. The Kier molecular flexibility index (Phi) is 5.27. The summed E-state index contributed by atoms with van der Waals surface area (Å²) < 4.78 is 1.27. The summed E-state index contributed by atoms with van der Waals surface area (Å²) in [6, 6.07) is 19.1. The van der Waals surface area contributed by atoms with E-state index in [0.29, 0.717) is 19.4 Å². The highest BCUT2D eigenvalue weighted by molar-refractivity contribution is 7.22. The lowest BCUT2D eigenvalue weighted by molar-refractivity contribution is -0.116. The largest absolute Gasteiger partial charge is 0.326 e. The summed E-state index contributed by atoms with van der Waals surface area (Å²) in [5, 5.41) is 4.37. The third-order valence-electron chi connectivity index (χ3n) is 6.58. The molecule has 1 aliphatic heterocycles. The van der Waals surface area contributed by atoms with Gasteiger partial charge in [0.25, 0.3) is 0 Å². The third kappa shape index (κ3) is 4.09. The molecule has 5 heteroatoms. The molecule has 33 heavy (non-hydrogen) atoms. The van der Waals surface area contributed by atoms with Crippen LogP contribution in [0.25, 0.3) is 20.5 Å². The van der Waals surface area contributed by atoms with Crippen molar-refractivity contribution in [1.82, 2.24) is 4.98 Å². The first-order valence-electron chi connectivity index (χ1n) is 11.7. The predicted octanol–water partition coefficient (Wildman–Crippen LogP) is 6.35. The summed E-state index contributed by atoms with van der Waals surface area (Å²) in [5.74, 6) is 0.0201. The Bertz CT molecular complexity index is 1370. The number of nitrogens with zero attached hydrogens (tertiary/aromatic N) is 2. The molecule has 1 amide bonds. The second-order valence-corrected chi connectivity index (χ2v) is 9.96. The number of thiophene rings is 1. The number of nitrogens with one attached hydrogen (secondary N) is 1. The molecule has 0 saturated carbocycles. The molecular weight excluding hydrogens is 426 g/mol. The molecule has 164 valence electrons. The topological polar surface area (TPSA) is 54.4 Å². The summed E-state index contributed by atoms with van der Waals surface area (Å²) >= 11 is 1.79. The Morgan fingerprint density at radius 2 is 1.94 bits per heavy atom. The summed E-state index contributed by atoms with van der Waals surface area (Å²) in [6.07, 6.45) is 7.67. The predicted molar refractivity (Wildman–Crippen MR) is 136 cm³/mol. The van der Waals surface area contributed by atoms with Gasteiger partial charge in [-0.05, 0) is 84.5 Å². The van der Waals surface area contributed by atoms with Gasteiger partial charge in [0.15, 0.2) is 0 Å². The highest BCUT2D eigenvalue weighted by Crippen LogP contribution is 2.39. The molecule has 0 unspecified atom stereocenters. The van der Waals surface area contributed by atoms with Gasteiger partial charge < -0.3 is 5.32 Å². The van der Waals surface area contributed by atoms with E-state index in [0.717, 1.165) is 35.3 Å². The Labute approximate surface area is 197 Å². The lowest BCUT2D eigenvalue weighted by Gasteiger charge is -2.15. The minimum atomic E-state index is 0.0201. The Balaban J connectivity index is 1.21. The minimum Gasteiger partial charge on any atom is -0.326 e. The number of aromatic nitrogens is 1. The molecule has 6 rings (SSSR count). The number of aliphatic imine (C=N–C) groups is 1. The van der Waals surface area contributed by atoms with Gasteiger partial charge >= 0.3 is 0 Å². The first-order valence-corrected chi connectivity index (χ1v) is 12.5. The lowest BCUT2D eigenvalue weighted by atomic mass is 9.95. The minimum absolute atomic E-state index is 0.0201. The van der Waals surface area contributed by atoms with Crippen LogP contribution in [0.5, 0.6) is 0 Å². The molecule has 4 aromatic rings. The first-order chi connectivity index (χ1) is 16.2. The number of benzene rings is 2. The van der Waals surface area contributed by atoms with Gasteiger partial charge in [0, 0.05) is 44.9 Å². The zero-order chi connectivity index (χ0) is 22.2. The van der Waals surface area contributed by atoms with E-state index < -0.39 is 0 Å². The molecule has 0 spiro atoms. The lowest BCUT2D eigenvalue weighted by Crippen LogP contribution is -2.14. The van der Waals surface area contributed by atoms with Crippen molar-refractivity contribution in [2.75, 3.05) is 5.32 Å². The number of aryl methyl sites for hydroxylation is 3. The Hall–Kier alpha value is -3.31. The van der Waals surface area contributed by atoms with Gasteiger partial charge in [-0.3, -0.25) is 14.8 Å². The molecule has 1 N–H and O–H groups in total. The Morgan fingerprint density at radius 1 is 1.03 bits per heavy atom. The van der Waals surface area contributed by atoms with Crippen molar-refractivity contribution in [2.45, 2.75) is 45.1 Å². The second-order valence-electron chi connectivity index (χ2n) is 8.87. The van der Waals surface area contributed by atoms with Crippen LogP contribution in [0.1, 0.15) is 47.3 Å². The van der Waals surface area contributed by atoms with Gasteiger partial charge in [0.05, 0.1) is 6.54 Å². The molecule has 0 fully saturated rings. The number of carbonyl (C=O) groups excluding carboxylic acids is 1. The van der Waals surface area contributed by atoms with Crippen LogP contribution in [0.4, 0.5) is 5.69 Å². The van der Waals surface area contributed by atoms with E-state index in [9.17, 15) is 4.79 Å². The van der Waals surface area contributed by atoms with Crippen molar-refractivity contribution in [3.63, 3.8) is 0 Å². The van der Waals surface area contributed by atoms with Crippen LogP contribution in [0.15, 0.2) is 59.6 Å². The van der Waals surface area contributed by atoms with Crippen molar-refractivity contribution in [1.29, 1.82) is 0 Å². The van der Waals surface area contributed by atoms with Crippen LogP contribution < -0.4 is 5.32 Å². The van der Waals surface area contributed by atoms with Crippen molar-refractivity contribution < 1.29 is 4.79 Å². The maximum atomic E-state index is 12.8. The van der Waals surface area contributed by atoms with Gasteiger partial charge in [0.2, 0.25) is 5.91 Å².